The number of nitrogens with one attached hydrogen (secondary N) is 1. The van der Waals surface area contributed by atoms with Crippen molar-refractivity contribution in [3.63, 3.8) is 0 Å². The summed E-state index contributed by atoms with van der Waals surface area (Å²) in [5, 5.41) is 11.3. The van der Waals surface area contributed by atoms with Gasteiger partial charge in [-0.1, -0.05) is 48.5 Å². The quantitative estimate of drug-likeness (QED) is 0.730. The van der Waals surface area contributed by atoms with Crippen molar-refractivity contribution in [3.8, 4) is 0 Å². The van der Waals surface area contributed by atoms with E-state index in [0.717, 1.165) is 44.1 Å². The predicted octanol–water partition coefficient (Wildman–Crippen LogP) is 4.19. The monoisotopic (exact) mass is 372 g/mol. The van der Waals surface area contributed by atoms with Crippen LogP contribution in [0.1, 0.15) is 28.8 Å². The van der Waals surface area contributed by atoms with E-state index in [4.69, 9.17) is 0 Å². The Morgan fingerprint density at radius 2 is 1.57 bits per heavy atom. The van der Waals surface area contributed by atoms with E-state index in [2.05, 4.69) is 50.7 Å². The van der Waals surface area contributed by atoms with Gasteiger partial charge in [-0.15, -0.1) is 10.2 Å². The molecule has 5 heteroatoms. The van der Waals surface area contributed by atoms with Crippen LogP contribution in [0.25, 0.3) is 0 Å². The molecule has 2 aromatic carbocycles. The maximum atomic E-state index is 12.2. The Morgan fingerprint density at radius 3 is 2.21 bits per heavy atom. The highest BCUT2D eigenvalue weighted by atomic mass is 16.1. The fraction of sp³-hybridized carbons (Fsp3) is 0.261. The van der Waals surface area contributed by atoms with Crippen molar-refractivity contribution in [1.82, 2.24) is 10.2 Å². The Balaban J connectivity index is 1.30. The van der Waals surface area contributed by atoms with E-state index in [-0.39, 0.29) is 5.91 Å². The number of hydrogen-bond acceptors (Lipinski definition) is 4. The van der Waals surface area contributed by atoms with Crippen LogP contribution in [0.5, 0.6) is 0 Å². The van der Waals surface area contributed by atoms with Crippen LogP contribution in [-0.2, 0) is 6.42 Å². The smallest absolute Gasteiger partial charge is 0.256 e. The van der Waals surface area contributed by atoms with Crippen LogP contribution in [0, 0.1) is 5.92 Å². The number of piperidine rings is 1. The van der Waals surface area contributed by atoms with Crippen LogP contribution in [0.15, 0.2) is 72.8 Å². The minimum Gasteiger partial charge on any atom is -0.355 e. The number of hydrogen-bond donors (Lipinski definition) is 1. The second-order valence-electron chi connectivity index (χ2n) is 7.22. The first kappa shape index (κ1) is 18.2. The van der Waals surface area contributed by atoms with Crippen molar-refractivity contribution in [1.29, 1.82) is 0 Å². The minimum atomic E-state index is -0.177. The molecule has 0 atom stereocenters. The van der Waals surface area contributed by atoms with Gasteiger partial charge in [0.25, 0.3) is 5.91 Å². The summed E-state index contributed by atoms with van der Waals surface area (Å²) >= 11 is 0. The number of aromatic nitrogens is 2. The zero-order valence-electron chi connectivity index (χ0n) is 15.8. The summed E-state index contributed by atoms with van der Waals surface area (Å²) in [5.74, 6) is 1.88. The third-order valence-electron chi connectivity index (χ3n) is 5.23. The highest BCUT2D eigenvalue weighted by Crippen LogP contribution is 2.24. The highest BCUT2D eigenvalue weighted by molar-refractivity contribution is 6.03. The summed E-state index contributed by atoms with van der Waals surface area (Å²) in [6.07, 6.45) is 3.46. The van der Waals surface area contributed by atoms with E-state index in [1.165, 1.54) is 5.56 Å². The maximum Gasteiger partial charge on any atom is 0.256 e. The van der Waals surface area contributed by atoms with Gasteiger partial charge in [-0.05, 0) is 55.0 Å². The van der Waals surface area contributed by atoms with Crippen LogP contribution < -0.4 is 10.2 Å². The zero-order chi connectivity index (χ0) is 19.2. The lowest BCUT2D eigenvalue weighted by molar-refractivity contribution is 0.102. The Hall–Kier alpha value is -3.21. The number of carbonyl (C=O) groups is 1. The standard InChI is InChI=1S/C23H24N4O/c28-23(20-9-5-2-6-10-20)24-21-11-12-22(26-25-21)27-15-13-19(14-16-27)17-18-7-3-1-4-8-18/h1-12,19H,13-17H2,(H,24,25,28). The molecule has 1 aliphatic rings. The molecule has 0 aliphatic carbocycles. The van der Waals surface area contributed by atoms with Gasteiger partial charge in [-0.25, -0.2) is 0 Å². The lowest BCUT2D eigenvalue weighted by Gasteiger charge is -2.32. The molecule has 4 rings (SSSR count). The molecule has 0 spiro atoms. The van der Waals surface area contributed by atoms with Gasteiger partial charge in [-0.3, -0.25) is 4.79 Å². The lowest BCUT2D eigenvalue weighted by Crippen LogP contribution is -2.35. The predicted molar refractivity (Wildman–Crippen MR) is 112 cm³/mol. The third-order valence-corrected chi connectivity index (χ3v) is 5.23. The van der Waals surface area contributed by atoms with E-state index < -0.39 is 0 Å². The van der Waals surface area contributed by atoms with Crippen LogP contribution in [0.3, 0.4) is 0 Å². The number of carbonyl (C=O) groups excluding carboxylic acids is 1. The molecule has 1 amide bonds. The van der Waals surface area contributed by atoms with Gasteiger partial charge in [0.1, 0.15) is 0 Å². The maximum absolute atomic E-state index is 12.2. The molecule has 0 bridgehead atoms. The molecule has 5 nitrogen and oxygen atoms in total. The molecule has 0 radical (unpaired) electrons. The summed E-state index contributed by atoms with van der Waals surface area (Å²) in [7, 11) is 0. The second kappa shape index (κ2) is 8.65. The molecule has 1 saturated heterocycles. The lowest BCUT2D eigenvalue weighted by atomic mass is 9.90. The average molecular weight is 372 g/mol. The fourth-order valence-corrected chi connectivity index (χ4v) is 3.65. The van der Waals surface area contributed by atoms with E-state index in [1.807, 2.05) is 30.3 Å². The number of anilines is 2. The SMILES string of the molecule is O=C(Nc1ccc(N2CCC(Cc3ccccc3)CC2)nn1)c1ccccc1. The van der Waals surface area contributed by atoms with Gasteiger partial charge >= 0.3 is 0 Å². The first-order chi connectivity index (χ1) is 13.8. The number of rotatable bonds is 5. The molecule has 142 valence electrons. The van der Waals surface area contributed by atoms with Crippen LogP contribution in [-0.4, -0.2) is 29.2 Å². The summed E-state index contributed by atoms with van der Waals surface area (Å²) in [6, 6.07) is 23.6. The summed E-state index contributed by atoms with van der Waals surface area (Å²) in [4.78, 5) is 14.5. The molecular weight excluding hydrogens is 348 g/mol. The van der Waals surface area contributed by atoms with E-state index in [0.29, 0.717) is 11.4 Å². The largest absolute Gasteiger partial charge is 0.355 e. The van der Waals surface area contributed by atoms with Gasteiger partial charge in [-0.2, -0.15) is 0 Å². The number of benzene rings is 2. The van der Waals surface area contributed by atoms with Crippen molar-refractivity contribution < 1.29 is 4.79 Å². The van der Waals surface area contributed by atoms with Gasteiger partial charge in [0, 0.05) is 18.7 Å². The summed E-state index contributed by atoms with van der Waals surface area (Å²) < 4.78 is 0. The van der Waals surface area contributed by atoms with E-state index >= 15 is 0 Å². The molecule has 0 saturated carbocycles. The molecule has 1 N–H and O–H groups in total. The van der Waals surface area contributed by atoms with Crippen LogP contribution >= 0.6 is 0 Å². The second-order valence-corrected chi connectivity index (χ2v) is 7.22. The minimum absolute atomic E-state index is 0.177. The first-order valence-corrected chi connectivity index (χ1v) is 9.77. The Labute approximate surface area is 165 Å². The van der Waals surface area contributed by atoms with Gasteiger partial charge in [0.15, 0.2) is 11.6 Å². The van der Waals surface area contributed by atoms with Gasteiger partial charge in [0.05, 0.1) is 0 Å². The highest BCUT2D eigenvalue weighted by Gasteiger charge is 2.20. The van der Waals surface area contributed by atoms with Gasteiger partial charge in [0.2, 0.25) is 0 Å². The normalized spacial score (nSPS) is 14.6. The molecule has 0 unspecified atom stereocenters. The topological polar surface area (TPSA) is 58.1 Å². The number of nitrogens with zero attached hydrogens (tertiary/aromatic N) is 3. The van der Waals surface area contributed by atoms with Crippen molar-refractivity contribution in [2.75, 3.05) is 23.3 Å². The Morgan fingerprint density at radius 1 is 0.893 bits per heavy atom. The zero-order valence-corrected chi connectivity index (χ0v) is 15.8. The summed E-state index contributed by atoms with van der Waals surface area (Å²) in [6.45, 7) is 1.98. The fourth-order valence-electron chi connectivity index (χ4n) is 3.65. The first-order valence-electron chi connectivity index (χ1n) is 9.77. The number of amides is 1. The van der Waals surface area contributed by atoms with Crippen molar-refractivity contribution in [3.05, 3.63) is 83.9 Å². The van der Waals surface area contributed by atoms with Crippen LogP contribution in [0.2, 0.25) is 0 Å². The van der Waals surface area contributed by atoms with Crippen molar-refractivity contribution in [2.45, 2.75) is 19.3 Å². The molecule has 2 heterocycles. The third kappa shape index (κ3) is 4.55. The average Bonchev–Trinajstić information content (AvgIpc) is 2.76. The Bertz CT molecular complexity index is 889. The molecule has 3 aromatic rings. The van der Waals surface area contributed by atoms with E-state index in [1.54, 1.807) is 12.1 Å². The summed E-state index contributed by atoms with van der Waals surface area (Å²) in [5.41, 5.74) is 2.02. The van der Waals surface area contributed by atoms with Crippen molar-refractivity contribution >= 4 is 17.5 Å². The molecular formula is C23H24N4O. The van der Waals surface area contributed by atoms with Gasteiger partial charge < -0.3 is 10.2 Å². The molecule has 1 aliphatic heterocycles. The van der Waals surface area contributed by atoms with Crippen LogP contribution in [0.4, 0.5) is 11.6 Å². The van der Waals surface area contributed by atoms with E-state index in [9.17, 15) is 4.79 Å². The Kier molecular flexibility index (Phi) is 5.61. The molecule has 1 fully saturated rings. The molecule has 1 aromatic heterocycles. The molecule has 28 heavy (non-hydrogen) atoms. The van der Waals surface area contributed by atoms with Crippen molar-refractivity contribution in [2.24, 2.45) is 5.92 Å².